The summed E-state index contributed by atoms with van der Waals surface area (Å²) in [6, 6.07) is 4.27. The minimum absolute atomic E-state index is 0.0917. The van der Waals surface area contributed by atoms with E-state index in [9.17, 15) is 9.59 Å². The van der Waals surface area contributed by atoms with Gasteiger partial charge in [-0.2, -0.15) is 0 Å². The van der Waals surface area contributed by atoms with Crippen LogP contribution < -0.4 is 10.7 Å². The molecular weight excluding hydrogens is 338 g/mol. The van der Waals surface area contributed by atoms with Crippen molar-refractivity contribution in [3.8, 4) is 0 Å². The number of hydrogen-bond donors (Lipinski definition) is 2. The Morgan fingerprint density at radius 3 is 2.78 bits per heavy atom. The van der Waals surface area contributed by atoms with Crippen molar-refractivity contribution < 1.29 is 4.79 Å². The molecule has 1 aliphatic heterocycles. The fourth-order valence-corrected chi connectivity index (χ4v) is 4.50. The monoisotopic (exact) mass is 367 g/mol. The van der Waals surface area contributed by atoms with E-state index in [4.69, 9.17) is 0 Å². The van der Waals surface area contributed by atoms with Crippen molar-refractivity contribution in [3.63, 3.8) is 0 Å². The molecule has 1 aromatic heterocycles. The van der Waals surface area contributed by atoms with Gasteiger partial charge in [0, 0.05) is 42.2 Å². The molecule has 27 heavy (non-hydrogen) atoms. The Bertz CT molecular complexity index is 925. The molecule has 0 saturated heterocycles. The predicted octanol–water partition coefficient (Wildman–Crippen LogP) is 2.95. The Balaban J connectivity index is 1.51. The maximum absolute atomic E-state index is 13.0. The normalized spacial score (nSPS) is 18.4. The van der Waals surface area contributed by atoms with Crippen molar-refractivity contribution in [2.75, 3.05) is 13.1 Å². The number of carbonyl (C=O) groups is 1. The molecule has 2 N–H and O–H groups in total. The fraction of sp³-hybridized carbons (Fsp3) is 0.545. The molecule has 0 unspecified atom stereocenters. The van der Waals surface area contributed by atoms with Crippen LogP contribution >= 0.6 is 0 Å². The van der Waals surface area contributed by atoms with Gasteiger partial charge >= 0.3 is 0 Å². The molecule has 1 amide bonds. The number of benzene rings is 1. The number of H-pyrrole nitrogens is 1. The minimum Gasteiger partial charge on any atom is -0.358 e. The molecule has 2 aliphatic rings. The number of amides is 1. The first-order valence-electron chi connectivity index (χ1n) is 10.2. The summed E-state index contributed by atoms with van der Waals surface area (Å²) in [5.41, 5.74) is 5.26. The van der Waals surface area contributed by atoms with Crippen LogP contribution in [0.5, 0.6) is 0 Å². The van der Waals surface area contributed by atoms with Crippen molar-refractivity contribution in [1.29, 1.82) is 0 Å². The molecule has 1 saturated carbocycles. The summed E-state index contributed by atoms with van der Waals surface area (Å²) in [6.07, 6.45) is 6.68. The van der Waals surface area contributed by atoms with Gasteiger partial charge in [0.2, 0.25) is 5.91 Å². The molecule has 1 fully saturated rings. The first kappa shape index (κ1) is 18.2. The second kappa shape index (κ2) is 7.47. The standard InChI is InChI=1S/C22H29N3O2/c1-14-8-9-17-21(15(14)2)24-19-10-11-25(12-18(19)22(17)27)13-20(26)23-16-6-4-3-5-7-16/h8-9,16H,3-7,10-13H2,1-2H3,(H,23,26)(H,24,27). The van der Waals surface area contributed by atoms with Gasteiger partial charge in [-0.1, -0.05) is 25.3 Å². The highest BCUT2D eigenvalue weighted by Gasteiger charge is 2.24. The SMILES string of the molecule is Cc1ccc2c(=O)c3c([nH]c2c1C)CCN(CC(=O)NC1CCCCC1)C3. The smallest absolute Gasteiger partial charge is 0.234 e. The van der Waals surface area contributed by atoms with Crippen LogP contribution in [0, 0.1) is 13.8 Å². The van der Waals surface area contributed by atoms with E-state index in [1.807, 2.05) is 12.1 Å². The summed E-state index contributed by atoms with van der Waals surface area (Å²) in [5, 5.41) is 3.94. The Morgan fingerprint density at radius 1 is 1.22 bits per heavy atom. The van der Waals surface area contributed by atoms with Crippen LogP contribution in [0.2, 0.25) is 0 Å². The van der Waals surface area contributed by atoms with Crippen molar-refractivity contribution in [2.45, 2.75) is 65.0 Å². The number of nitrogens with one attached hydrogen (secondary N) is 2. The van der Waals surface area contributed by atoms with E-state index in [1.54, 1.807) is 0 Å². The van der Waals surface area contributed by atoms with E-state index in [0.29, 0.717) is 19.1 Å². The molecule has 0 bridgehead atoms. The van der Waals surface area contributed by atoms with Crippen LogP contribution in [-0.2, 0) is 17.8 Å². The molecule has 0 atom stereocenters. The van der Waals surface area contributed by atoms with Gasteiger partial charge < -0.3 is 10.3 Å². The molecule has 2 heterocycles. The highest BCUT2D eigenvalue weighted by molar-refractivity contribution is 5.83. The Morgan fingerprint density at radius 2 is 2.00 bits per heavy atom. The first-order chi connectivity index (χ1) is 13.0. The molecule has 0 radical (unpaired) electrons. The molecule has 144 valence electrons. The van der Waals surface area contributed by atoms with Gasteiger partial charge in [0.15, 0.2) is 5.43 Å². The molecule has 1 aromatic carbocycles. The Kier molecular flexibility index (Phi) is 5.04. The second-order valence-electron chi connectivity index (χ2n) is 8.20. The van der Waals surface area contributed by atoms with Crippen molar-refractivity contribution in [2.24, 2.45) is 0 Å². The maximum atomic E-state index is 13.0. The summed E-state index contributed by atoms with van der Waals surface area (Å²) < 4.78 is 0. The van der Waals surface area contributed by atoms with E-state index >= 15 is 0 Å². The quantitative estimate of drug-likeness (QED) is 0.877. The zero-order valence-electron chi connectivity index (χ0n) is 16.4. The topological polar surface area (TPSA) is 65.2 Å². The van der Waals surface area contributed by atoms with E-state index in [1.165, 1.54) is 24.8 Å². The minimum atomic E-state index is 0.0917. The lowest BCUT2D eigenvalue weighted by Gasteiger charge is -2.29. The number of pyridine rings is 1. The number of nitrogens with zero attached hydrogens (tertiary/aromatic N) is 1. The molecular formula is C22H29N3O2. The van der Waals surface area contributed by atoms with Crippen molar-refractivity contribution in [1.82, 2.24) is 15.2 Å². The summed E-state index contributed by atoms with van der Waals surface area (Å²) in [7, 11) is 0. The van der Waals surface area contributed by atoms with Gasteiger partial charge in [-0.05, 0) is 43.9 Å². The number of aromatic amines is 1. The lowest BCUT2D eigenvalue weighted by atomic mass is 9.95. The predicted molar refractivity (Wildman–Crippen MR) is 108 cm³/mol. The molecule has 5 nitrogen and oxygen atoms in total. The van der Waals surface area contributed by atoms with Crippen molar-refractivity contribution in [3.05, 3.63) is 44.7 Å². The van der Waals surface area contributed by atoms with E-state index in [2.05, 4.69) is 29.0 Å². The van der Waals surface area contributed by atoms with Crippen LogP contribution in [-0.4, -0.2) is 34.9 Å². The average Bonchev–Trinajstić information content (AvgIpc) is 2.66. The number of hydrogen-bond acceptors (Lipinski definition) is 3. The van der Waals surface area contributed by atoms with Crippen molar-refractivity contribution >= 4 is 16.8 Å². The Hall–Kier alpha value is -2.14. The number of fused-ring (bicyclic) bond motifs is 2. The lowest BCUT2D eigenvalue weighted by Crippen LogP contribution is -2.45. The highest BCUT2D eigenvalue weighted by atomic mass is 16.2. The average molecular weight is 367 g/mol. The largest absolute Gasteiger partial charge is 0.358 e. The summed E-state index contributed by atoms with van der Waals surface area (Å²) in [6.45, 7) is 5.85. The number of carbonyl (C=O) groups excluding carboxylic acids is 1. The molecule has 4 rings (SSSR count). The van der Waals surface area contributed by atoms with Gasteiger partial charge in [0.05, 0.1) is 12.1 Å². The van der Waals surface area contributed by atoms with Gasteiger partial charge in [-0.15, -0.1) is 0 Å². The third kappa shape index (κ3) is 3.65. The second-order valence-corrected chi connectivity index (χ2v) is 8.20. The van der Waals surface area contributed by atoms with Gasteiger partial charge in [-0.25, -0.2) is 0 Å². The first-order valence-corrected chi connectivity index (χ1v) is 10.2. The summed E-state index contributed by atoms with van der Waals surface area (Å²) >= 11 is 0. The zero-order valence-corrected chi connectivity index (χ0v) is 16.4. The van der Waals surface area contributed by atoms with Crippen LogP contribution in [0.1, 0.15) is 54.5 Å². The van der Waals surface area contributed by atoms with E-state index in [-0.39, 0.29) is 11.3 Å². The molecule has 2 aromatic rings. The van der Waals surface area contributed by atoms with Gasteiger partial charge in [0.25, 0.3) is 0 Å². The van der Waals surface area contributed by atoms with Crippen LogP contribution in [0.3, 0.4) is 0 Å². The van der Waals surface area contributed by atoms with Crippen LogP contribution in [0.15, 0.2) is 16.9 Å². The summed E-state index contributed by atoms with van der Waals surface area (Å²) in [5.74, 6) is 0.0917. The van der Waals surface area contributed by atoms with Gasteiger partial charge in [-0.3, -0.25) is 14.5 Å². The van der Waals surface area contributed by atoms with E-state index in [0.717, 1.165) is 53.5 Å². The third-order valence-electron chi connectivity index (χ3n) is 6.29. The molecule has 1 aliphatic carbocycles. The number of aryl methyl sites for hydroxylation is 2. The van der Waals surface area contributed by atoms with Gasteiger partial charge in [0.1, 0.15) is 0 Å². The summed E-state index contributed by atoms with van der Waals surface area (Å²) in [4.78, 5) is 31.1. The zero-order chi connectivity index (χ0) is 19.0. The fourth-order valence-electron chi connectivity index (χ4n) is 4.50. The highest BCUT2D eigenvalue weighted by Crippen LogP contribution is 2.22. The lowest BCUT2D eigenvalue weighted by molar-refractivity contribution is -0.123. The molecule has 5 heteroatoms. The number of aromatic nitrogens is 1. The number of rotatable bonds is 3. The maximum Gasteiger partial charge on any atom is 0.234 e. The third-order valence-corrected chi connectivity index (χ3v) is 6.29. The molecule has 0 spiro atoms. The van der Waals surface area contributed by atoms with Crippen LogP contribution in [0.25, 0.3) is 10.9 Å². The van der Waals surface area contributed by atoms with E-state index < -0.39 is 0 Å². The van der Waals surface area contributed by atoms with Crippen LogP contribution in [0.4, 0.5) is 0 Å². The Labute approximate surface area is 160 Å².